The number of unbranched alkanes of at least 4 members (excludes halogenated alkanes) is 4. The van der Waals surface area contributed by atoms with Crippen LogP contribution in [0, 0.1) is 35.4 Å². The zero-order valence-electron chi connectivity index (χ0n) is 22.5. The Bertz CT molecular complexity index is 715. The van der Waals surface area contributed by atoms with Gasteiger partial charge in [0.05, 0.1) is 0 Å². The topological polar surface area (TPSA) is 0 Å². The van der Waals surface area contributed by atoms with E-state index in [1.54, 1.807) is 0 Å². The molecule has 4 rings (SSSR count). The molecule has 3 aliphatic rings. The fourth-order valence-electron chi connectivity index (χ4n) is 7.97. The van der Waals surface area contributed by atoms with Crippen LogP contribution in [0.4, 0.5) is 4.39 Å². The molecule has 0 aromatic heterocycles. The van der Waals surface area contributed by atoms with Gasteiger partial charge in [-0.25, -0.2) is 4.39 Å². The Morgan fingerprint density at radius 1 is 0.676 bits per heavy atom. The first-order chi connectivity index (χ1) is 16.7. The smallest absolute Gasteiger partial charge is 0.126 e. The minimum Gasteiger partial charge on any atom is -0.207 e. The number of benzene rings is 1. The van der Waals surface area contributed by atoms with Gasteiger partial charge in [-0.05, 0) is 91.2 Å². The molecule has 4 atom stereocenters. The molecule has 4 unspecified atom stereocenters. The summed E-state index contributed by atoms with van der Waals surface area (Å²) in [6, 6.07) is 6.12. The molecule has 1 heteroatoms. The minimum atomic E-state index is 0.0202. The molecule has 34 heavy (non-hydrogen) atoms. The van der Waals surface area contributed by atoms with Crippen molar-refractivity contribution in [1.82, 2.24) is 0 Å². The zero-order valence-corrected chi connectivity index (χ0v) is 22.5. The first-order valence-corrected chi connectivity index (χ1v) is 15.4. The van der Waals surface area contributed by atoms with Gasteiger partial charge < -0.3 is 0 Å². The van der Waals surface area contributed by atoms with Gasteiger partial charge in [0.25, 0.3) is 0 Å². The van der Waals surface area contributed by atoms with E-state index < -0.39 is 0 Å². The third-order valence-electron chi connectivity index (χ3n) is 10.3. The van der Waals surface area contributed by atoms with E-state index >= 15 is 0 Å². The Labute approximate surface area is 210 Å². The van der Waals surface area contributed by atoms with Crippen LogP contribution in [0.25, 0.3) is 0 Å². The fourth-order valence-corrected chi connectivity index (χ4v) is 7.97. The van der Waals surface area contributed by atoms with Crippen LogP contribution in [0.2, 0.25) is 0 Å². The van der Waals surface area contributed by atoms with Gasteiger partial charge in [0.1, 0.15) is 5.82 Å². The summed E-state index contributed by atoms with van der Waals surface area (Å²) in [7, 11) is 0. The van der Waals surface area contributed by atoms with E-state index in [9.17, 15) is 4.39 Å². The van der Waals surface area contributed by atoms with Crippen molar-refractivity contribution in [2.45, 2.75) is 142 Å². The molecule has 3 aliphatic carbocycles. The molecule has 0 aliphatic heterocycles. The van der Waals surface area contributed by atoms with Crippen LogP contribution in [0.15, 0.2) is 18.2 Å². The third-order valence-corrected chi connectivity index (χ3v) is 10.3. The lowest BCUT2D eigenvalue weighted by atomic mass is 9.63. The molecule has 0 spiro atoms. The fraction of sp³-hybridized carbons (Fsp3) is 0.818. The van der Waals surface area contributed by atoms with Gasteiger partial charge in [0.2, 0.25) is 0 Å². The summed E-state index contributed by atoms with van der Waals surface area (Å²) >= 11 is 0. The van der Waals surface area contributed by atoms with E-state index in [1.807, 2.05) is 19.1 Å². The van der Waals surface area contributed by atoms with Gasteiger partial charge in [-0.2, -0.15) is 0 Å². The normalized spacial score (nSPS) is 31.9. The summed E-state index contributed by atoms with van der Waals surface area (Å²) in [6.45, 7) is 4.36. The van der Waals surface area contributed by atoms with Crippen molar-refractivity contribution in [2.75, 3.05) is 0 Å². The second kappa shape index (κ2) is 13.5. The number of halogens is 1. The van der Waals surface area contributed by atoms with E-state index in [-0.39, 0.29) is 5.82 Å². The SMILES string of the molecule is CCCCCCCC1CCC(CCC2CCC3CC(c4ccc(CC)c(F)c4)CCC3C2)CC1. The number of rotatable bonds is 11. The van der Waals surface area contributed by atoms with E-state index in [0.29, 0.717) is 5.92 Å². The molecular formula is C33H53F. The Kier molecular flexibility index (Phi) is 10.4. The lowest BCUT2D eigenvalue weighted by molar-refractivity contribution is 0.108. The first-order valence-electron chi connectivity index (χ1n) is 15.4. The Morgan fingerprint density at radius 3 is 2.06 bits per heavy atom. The Morgan fingerprint density at radius 2 is 1.32 bits per heavy atom. The average molecular weight is 469 g/mol. The van der Waals surface area contributed by atoms with E-state index in [4.69, 9.17) is 0 Å². The van der Waals surface area contributed by atoms with E-state index in [1.165, 1.54) is 121 Å². The predicted octanol–water partition coefficient (Wildman–Crippen LogP) is 10.6. The molecule has 3 saturated carbocycles. The van der Waals surface area contributed by atoms with Crippen LogP contribution in [-0.2, 0) is 6.42 Å². The van der Waals surface area contributed by atoms with Crippen molar-refractivity contribution in [1.29, 1.82) is 0 Å². The van der Waals surface area contributed by atoms with E-state index in [2.05, 4.69) is 13.0 Å². The molecule has 192 valence electrons. The first kappa shape index (κ1) is 26.2. The van der Waals surface area contributed by atoms with Gasteiger partial charge in [-0.3, -0.25) is 0 Å². The van der Waals surface area contributed by atoms with Crippen LogP contribution in [0.3, 0.4) is 0 Å². The minimum absolute atomic E-state index is 0.0202. The van der Waals surface area contributed by atoms with E-state index in [0.717, 1.165) is 41.6 Å². The molecule has 0 saturated heterocycles. The lowest BCUT2D eigenvalue weighted by Gasteiger charge is -2.43. The highest BCUT2D eigenvalue weighted by atomic mass is 19.1. The zero-order chi connectivity index (χ0) is 23.8. The number of hydrogen-bond acceptors (Lipinski definition) is 0. The lowest BCUT2D eigenvalue weighted by Crippen LogP contribution is -2.30. The molecule has 1 aromatic carbocycles. The molecule has 0 heterocycles. The van der Waals surface area contributed by atoms with Gasteiger partial charge in [-0.1, -0.05) is 109 Å². The third kappa shape index (κ3) is 7.33. The van der Waals surface area contributed by atoms with Crippen LogP contribution in [0.1, 0.15) is 146 Å². The highest BCUT2D eigenvalue weighted by molar-refractivity contribution is 5.27. The van der Waals surface area contributed by atoms with Crippen molar-refractivity contribution in [3.8, 4) is 0 Å². The maximum atomic E-state index is 14.3. The summed E-state index contributed by atoms with van der Waals surface area (Å²) < 4.78 is 14.3. The molecule has 1 aromatic rings. The molecule has 0 N–H and O–H groups in total. The summed E-state index contributed by atoms with van der Waals surface area (Å²) in [5.41, 5.74) is 2.14. The van der Waals surface area contributed by atoms with Crippen molar-refractivity contribution < 1.29 is 4.39 Å². The highest BCUT2D eigenvalue weighted by Crippen LogP contribution is 2.49. The monoisotopic (exact) mass is 468 g/mol. The molecular weight excluding hydrogens is 415 g/mol. The number of aryl methyl sites for hydroxylation is 1. The molecule has 3 fully saturated rings. The standard InChI is InChI=1S/C33H53F/c1-3-5-6-7-8-9-25-10-12-26(13-11-25)14-15-27-16-17-30-23-31(21-20-29(30)22-27)32-19-18-28(4-2)33(34)24-32/h18-19,24-27,29-31H,3-17,20-23H2,1-2H3. The van der Waals surface area contributed by atoms with Gasteiger partial charge in [-0.15, -0.1) is 0 Å². The summed E-state index contributed by atoms with van der Waals surface area (Å²) in [6.07, 6.45) is 27.0. The van der Waals surface area contributed by atoms with Crippen LogP contribution < -0.4 is 0 Å². The Hall–Kier alpha value is -0.850. The molecule has 0 amide bonds. The maximum absolute atomic E-state index is 14.3. The predicted molar refractivity (Wildman–Crippen MR) is 145 cm³/mol. The van der Waals surface area contributed by atoms with Crippen molar-refractivity contribution in [2.24, 2.45) is 29.6 Å². The average Bonchev–Trinajstić information content (AvgIpc) is 2.87. The summed E-state index contributed by atoms with van der Waals surface area (Å²) in [5.74, 6) is 5.55. The molecule has 0 nitrogen and oxygen atoms in total. The highest BCUT2D eigenvalue weighted by Gasteiger charge is 2.36. The van der Waals surface area contributed by atoms with Crippen molar-refractivity contribution in [3.63, 3.8) is 0 Å². The van der Waals surface area contributed by atoms with Gasteiger partial charge in [0, 0.05) is 0 Å². The van der Waals surface area contributed by atoms with Crippen LogP contribution in [-0.4, -0.2) is 0 Å². The van der Waals surface area contributed by atoms with Crippen LogP contribution >= 0.6 is 0 Å². The largest absolute Gasteiger partial charge is 0.207 e. The maximum Gasteiger partial charge on any atom is 0.126 e. The Balaban J connectivity index is 1.13. The quantitative estimate of drug-likeness (QED) is 0.283. The van der Waals surface area contributed by atoms with Gasteiger partial charge >= 0.3 is 0 Å². The van der Waals surface area contributed by atoms with Crippen molar-refractivity contribution >= 4 is 0 Å². The summed E-state index contributed by atoms with van der Waals surface area (Å²) in [5, 5.41) is 0. The van der Waals surface area contributed by atoms with Crippen molar-refractivity contribution in [3.05, 3.63) is 35.1 Å². The second-order valence-corrected chi connectivity index (χ2v) is 12.6. The molecule has 0 radical (unpaired) electrons. The number of fused-ring (bicyclic) bond motifs is 1. The van der Waals surface area contributed by atoms with Crippen LogP contribution in [0.5, 0.6) is 0 Å². The molecule has 0 bridgehead atoms. The van der Waals surface area contributed by atoms with Gasteiger partial charge in [0.15, 0.2) is 0 Å². The number of hydrogen-bond donors (Lipinski definition) is 0. The second-order valence-electron chi connectivity index (χ2n) is 12.6. The summed E-state index contributed by atoms with van der Waals surface area (Å²) in [4.78, 5) is 0.